The van der Waals surface area contributed by atoms with Gasteiger partial charge in [-0.1, -0.05) is 37.2 Å². The summed E-state index contributed by atoms with van der Waals surface area (Å²) in [6, 6.07) is 13.1. The molecule has 0 amide bonds. The van der Waals surface area contributed by atoms with E-state index in [-0.39, 0.29) is 35.8 Å². The molecule has 8 nitrogen and oxygen atoms in total. The summed E-state index contributed by atoms with van der Waals surface area (Å²) in [7, 11) is 0. The first-order valence-electron chi connectivity index (χ1n) is 10.6. The summed E-state index contributed by atoms with van der Waals surface area (Å²) in [4.78, 5) is 16.4. The molecule has 4 rings (SSSR count). The van der Waals surface area contributed by atoms with E-state index in [1.807, 2.05) is 12.1 Å². The van der Waals surface area contributed by atoms with Gasteiger partial charge in [-0.15, -0.1) is 0 Å². The Morgan fingerprint density at radius 1 is 1.38 bits per heavy atom. The maximum Gasteiger partial charge on any atom is 0.313 e. The Morgan fingerprint density at radius 3 is 2.97 bits per heavy atom. The highest BCUT2D eigenvalue weighted by Gasteiger charge is 2.26. The van der Waals surface area contributed by atoms with Gasteiger partial charge in [-0.3, -0.25) is 4.79 Å². The molecule has 1 heterocycles. The first kappa shape index (κ1) is 21.7. The van der Waals surface area contributed by atoms with Crippen molar-refractivity contribution in [3.8, 4) is 34.7 Å². The average Bonchev–Trinajstić information content (AvgIpc) is 3.45. The second-order valence-corrected chi connectivity index (χ2v) is 7.96. The highest BCUT2D eigenvalue weighted by molar-refractivity contribution is 5.76. The van der Waals surface area contributed by atoms with Crippen LogP contribution in [0.3, 0.4) is 0 Å². The van der Waals surface area contributed by atoms with Crippen LogP contribution in [0.15, 0.2) is 40.9 Å². The van der Waals surface area contributed by atoms with Crippen molar-refractivity contribution < 1.29 is 19.2 Å². The number of rotatable bonds is 7. The second-order valence-electron chi connectivity index (χ2n) is 7.96. The largest absolute Gasteiger partial charge is 0.425 e. The molecule has 3 aromatic rings. The van der Waals surface area contributed by atoms with Gasteiger partial charge in [0.25, 0.3) is 5.89 Å². The zero-order valence-electron chi connectivity index (χ0n) is 18.0. The van der Waals surface area contributed by atoms with E-state index in [0.717, 1.165) is 18.4 Å². The van der Waals surface area contributed by atoms with Gasteiger partial charge >= 0.3 is 5.97 Å². The lowest BCUT2D eigenvalue weighted by molar-refractivity contribution is -0.137. The number of aliphatic hydroxyl groups is 1. The van der Waals surface area contributed by atoms with Gasteiger partial charge in [0.15, 0.2) is 0 Å². The fourth-order valence-corrected chi connectivity index (χ4v) is 3.83. The fraction of sp³-hybridized carbons (Fsp3) is 0.333. The zero-order valence-corrected chi connectivity index (χ0v) is 18.0. The number of aliphatic hydroxyl groups excluding tert-OH is 1. The molecular formula is C24H24N4O4. The molecule has 1 unspecified atom stereocenters. The molecule has 2 N–H and O–H groups in total. The molecule has 2 aromatic carbocycles. The minimum absolute atomic E-state index is 0.0971. The Bertz CT molecular complexity index is 1180. The number of carbonyl (C=O) groups is 1. The number of nitriles is 1. The number of carbonyl (C=O) groups excluding carboxylic acids is 1. The summed E-state index contributed by atoms with van der Waals surface area (Å²) in [5.74, 6) is 0.263. The maximum atomic E-state index is 11.9. The van der Waals surface area contributed by atoms with E-state index < -0.39 is 5.97 Å². The molecule has 0 radical (unpaired) electrons. The third-order valence-corrected chi connectivity index (χ3v) is 5.47. The van der Waals surface area contributed by atoms with Crippen LogP contribution in [0, 0.1) is 17.2 Å². The number of esters is 1. The molecule has 0 fully saturated rings. The van der Waals surface area contributed by atoms with Gasteiger partial charge in [-0.05, 0) is 42.2 Å². The molecule has 8 heteroatoms. The van der Waals surface area contributed by atoms with Gasteiger partial charge in [0.1, 0.15) is 11.8 Å². The van der Waals surface area contributed by atoms with E-state index >= 15 is 0 Å². The van der Waals surface area contributed by atoms with Crippen LogP contribution < -0.4 is 10.1 Å². The number of aromatic nitrogens is 2. The van der Waals surface area contributed by atoms with Crippen molar-refractivity contribution in [1.29, 1.82) is 5.26 Å². The van der Waals surface area contributed by atoms with Crippen LogP contribution in [0.4, 0.5) is 0 Å². The molecular weight excluding hydrogens is 408 g/mol. The Labute approximate surface area is 185 Å². The van der Waals surface area contributed by atoms with E-state index in [1.54, 1.807) is 32.0 Å². The molecule has 0 aliphatic heterocycles. The molecule has 0 spiro atoms. The SMILES string of the molecule is CC(C)C(=O)Oc1ccc(-c2nc(-c3cccc4c3CCC4NCCO)no2)cc1C#N. The van der Waals surface area contributed by atoms with Gasteiger partial charge in [0, 0.05) is 23.7 Å². The topological polar surface area (TPSA) is 121 Å². The van der Waals surface area contributed by atoms with Crippen LogP contribution in [-0.2, 0) is 11.2 Å². The molecule has 164 valence electrons. The molecule has 0 saturated carbocycles. The molecule has 32 heavy (non-hydrogen) atoms. The van der Waals surface area contributed by atoms with E-state index in [4.69, 9.17) is 14.4 Å². The van der Waals surface area contributed by atoms with Gasteiger partial charge < -0.3 is 19.7 Å². The number of fused-ring (bicyclic) bond motifs is 1. The van der Waals surface area contributed by atoms with Crippen LogP contribution >= 0.6 is 0 Å². The van der Waals surface area contributed by atoms with E-state index in [0.29, 0.717) is 17.9 Å². The van der Waals surface area contributed by atoms with Gasteiger partial charge in [-0.2, -0.15) is 10.2 Å². The van der Waals surface area contributed by atoms with Crippen LogP contribution in [0.2, 0.25) is 0 Å². The van der Waals surface area contributed by atoms with Crippen LogP contribution in [-0.4, -0.2) is 34.4 Å². The Hall–Kier alpha value is -3.54. The van der Waals surface area contributed by atoms with Crippen molar-refractivity contribution in [2.24, 2.45) is 5.92 Å². The van der Waals surface area contributed by atoms with Crippen molar-refractivity contribution in [2.75, 3.05) is 13.2 Å². The van der Waals surface area contributed by atoms with Crippen LogP contribution in [0.25, 0.3) is 22.8 Å². The minimum atomic E-state index is -0.404. The van der Waals surface area contributed by atoms with Crippen molar-refractivity contribution in [2.45, 2.75) is 32.7 Å². The summed E-state index contributed by atoms with van der Waals surface area (Å²) in [5, 5.41) is 26.1. The Morgan fingerprint density at radius 2 is 2.22 bits per heavy atom. The summed E-state index contributed by atoms with van der Waals surface area (Å²) >= 11 is 0. The molecule has 1 aromatic heterocycles. The number of ether oxygens (including phenoxy) is 1. The van der Waals surface area contributed by atoms with Gasteiger partial charge in [-0.25, -0.2) is 0 Å². The summed E-state index contributed by atoms with van der Waals surface area (Å²) < 4.78 is 10.8. The van der Waals surface area contributed by atoms with Crippen molar-refractivity contribution in [1.82, 2.24) is 15.5 Å². The average molecular weight is 432 g/mol. The number of nitrogens with zero attached hydrogens (tertiary/aromatic N) is 3. The molecule has 1 aliphatic carbocycles. The quantitative estimate of drug-likeness (QED) is 0.430. The smallest absolute Gasteiger partial charge is 0.313 e. The summed E-state index contributed by atoms with van der Waals surface area (Å²) in [6.07, 6.45) is 1.83. The molecule has 0 saturated heterocycles. The Balaban J connectivity index is 1.61. The van der Waals surface area contributed by atoms with E-state index in [9.17, 15) is 10.1 Å². The lowest BCUT2D eigenvalue weighted by atomic mass is 10.0. The normalized spacial score (nSPS) is 14.9. The highest BCUT2D eigenvalue weighted by Crippen LogP contribution is 2.37. The number of hydrogen-bond acceptors (Lipinski definition) is 8. The molecule has 1 atom stereocenters. The van der Waals surface area contributed by atoms with Crippen LogP contribution in [0.1, 0.15) is 43.0 Å². The number of nitrogens with one attached hydrogen (secondary N) is 1. The lowest BCUT2D eigenvalue weighted by Gasteiger charge is -2.13. The predicted octanol–water partition coefficient (Wildman–Crippen LogP) is 3.41. The molecule has 1 aliphatic rings. The predicted molar refractivity (Wildman–Crippen MR) is 117 cm³/mol. The maximum absolute atomic E-state index is 11.9. The number of hydrogen-bond donors (Lipinski definition) is 2. The summed E-state index contributed by atoms with van der Waals surface area (Å²) in [5.41, 5.74) is 4.05. The van der Waals surface area contributed by atoms with Crippen molar-refractivity contribution in [3.63, 3.8) is 0 Å². The number of benzene rings is 2. The van der Waals surface area contributed by atoms with Gasteiger partial charge in [0.05, 0.1) is 18.1 Å². The third kappa shape index (κ3) is 4.26. The van der Waals surface area contributed by atoms with Crippen molar-refractivity contribution in [3.05, 3.63) is 53.1 Å². The van der Waals surface area contributed by atoms with E-state index in [1.165, 1.54) is 11.1 Å². The summed E-state index contributed by atoms with van der Waals surface area (Å²) in [6.45, 7) is 4.10. The first-order chi connectivity index (χ1) is 15.5. The highest BCUT2D eigenvalue weighted by atomic mass is 16.5. The lowest BCUT2D eigenvalue weighted by Crippen LogP contribution is -2.22. The zero-order chi connectivity index (χ0) is 22.7. The third-order valence-electron chi connectivity index (χ3n) is 5.47. The van der Waals surface area contributed by atoms with Crippen LogP contribution in [0.5, 0.6) is 5.75 Å². The van der Waals surface area contributed by atoms with E-state index in [2.05, 4.69) is 27.6 Å². The standard InChI is InChI=1S/C24H24N4O4/c1-14(2)24(30)31-21-9-6-15(12-16(21)13-25)23-27-22(28-32-23)19-5-3-4-18-17(19)7-8-20(18)26-10-11-29/h3-6,9,12,14,20,26,29H,7-8,10-11H2,1-2H3. The fourth-order valence-electron chi connectivity index (χ4n) is 3.83. The molecule has 0 bridgehead atoms. The monoisotopic (exact) mass is 432 g/mol. The minimum Gasteiger partial charge on any atom is -0.425 e. The van der Waals surface area contributed by atoms with Gasteiger partial charge in [0.2, 0.25) is 5.82 Å². The Kier molecular flexibility index (Phi) is 6.30. The first-order valence-corrected chi connectivity index (χ1v) is 10.6. The second kappa shape index (κ2) is 9.30. The van der Waals surface area contributed by atoms with Crippen molar-refractivity contribution >= 4 is 5.97 Å².